The van der Waals surface area contributed by atoms with Gasteiger partial charge in [0.25, 0.3) is 0 Å². The summed E-state index contributed by atoms with van der Waals surface area (Å²) in [6, 6.07) is 3.96. The molecule has 1 atom stereocenters. The normalized spacial score (nSPS) is 18.9. The Kier molecular flexibility index (Phi) is 1.95. The first kappa shape index (κ1) is 9.06. The van der Waals surface area contributed by atoms with Gasteiger partial charge in [-0.05, 0) is 25.0 Å². The highest BCUT2D eigenvalue weighted by molar-refractivity contribution is 5.75. The van der Waals surface area contributed by atoms with Gasteiger partial charge in [0, 0.05) is 12.0 Å². The molecule has 0 saturated heterocycles. The minimum Gasteiger partial charge on any atom is -0.478 e. The van der Waals surface area contributed by atoms with Gasteiger partial charge in [-0.25, -0.2) is 4.79 Å². The van der Waals surface area contributed by atoms with Crippen molar-refractivity contribution in [3.8, 4) is 5.75 Å². The van der Waals surface area contributed by atoms with Crippen molar-refractivity contribution in [3.05, 3.63) is 28.8 Å². The third-order valence-electron chi connectivity index (χ3n) is 2.62. The van der Waals surface area contributed by atoms with E-state index in [2.05, 4.69) is 0 Å². The van der Waals surface area contributed by atoms with Crippen LogP contribution in [0.25, 0.3) is 0 Å². The van der Waals surface area contributed by atoms with Crippen molar-refractivity contribution in [1.82, 2.24) is 0 Å². The molecule has 1 aromatic rings. The number of carbonyl (C=O) groups is 1. The molecule has 0 spiro atoms. The second kappa shape index (κ2) is 3.01. The third-order valence-corrected chi connectivity index (χ3v) is 2.62. The van der Waals surface area contributed by atoms with Crippen molar-refractivity contribution < 1.29 is 14.6 Å². The minimum atomic E-state index is -0.889. The molecular weight excluding hydrogens is 180 g/mol. The predicted molar refractivity (Wildman–Crippen MR) is 51.7 cm³/mol. The fraction of sp³-hybridized carbons (Fsp3) is 0.364. The molecule has 0 amide bonds. The first-order chi connectivity index (χ1) is 6.59. The zero-order valence-corrected chi connectivity index (χ0v) is 8.20. The fourth-order valence-electron chi connectivity index (χ4n) is 1.77. The van der Waals surface area contributed by atoms with E-state index in [0.29, 0.717) is 6.42 Å². The Labute approximate surface area is 82.3 Å². The Morgan fingerprint density at radius 2 is 2.07 bits per heavy atom. The van der Waals surface area contributed by atoms with Crippen LogP contribution in [-0.2, 0) is 11.2 Å². The Hall–Kier alpha value is -1.51. The summed E-state index contributed by atoms with van der Waals surface area (Å²) in [5.41, 5.74) is 3.15. The summed E-state index contributed by atoms with van der Waals surface area (Å²) in [7, 11) is 0. The Bertz CT molecular complexity index is 365. The number of rotatable bonds is 1. The molecule has 14 heavy (non-hydrogen) atoms. The smallest absolute Gasteiger partial charge is 0.345 e. The zero-order valence-electron chi connectivity index (χ0n) is 8.20. The quantitative estimate of drug-likeness (QED) is 0.736. The number of carboxylic acid groups (broad SMARTS) is 1. The summed E-state index contributed by atoms with van der Waals surface area (Å²) >= 11 is 0. The maximum absolute atomic E-state index is 10.8. The lowest BCUT2D eigenvalue weighted by atomic mass is 10.0. The maximum atomic E-state index is 10.8. The molecule has 1 aliphatic heterocycles. The molecule has 1 aromatic carbocycles. The molecule has 74 valence electrons. The highest BCUT2D eigenvalue weighted by Crippen LogP contribution is 2.34. The van der Waals surface area contributed by atoms with Crippen LogP contribution < -0.4 is 4.74 Å². The van der Waals surface area contributed by atoms with Crippen LogP contribution in [0, 0.1) is 13.8 Å². The molecule has 0 radical (unpaired) electrons. The van der Waals surface area contributed by atoms with E-state index >= 15 is 0 Å². The number of ether oxygens (including phenoxy) is 1. The maximum Gasteiger partial charge on any atom is 0.345 e. The number of carboxylic acids is 1. The van der Waals surface area contributed by atoms with E-state index in [0.717, 1.165) is 22.4 Å². The zero-order chi connectivity index (χ0) is 10.3. The molecule has 0 saturated carbocycles. The molecule has 0 fully saturated rings. The third kappa shape index (κ3) is 1.25. The molecule has 0 aliphatic carbocycles. The number of aryl methyl sites for hydroxylation is 2. The second-order valence-electron chi connectivity index (χ2n) is 3.66. The van der Waals surface area contributed by atoms with Crippen LogP contribution in [0.3, 0.4) is 0 Å². The monoisotopic (exact) mass is 192 g/mol. The number of fused-ring (bicyclic) bond motifs is 1. The van der Waals surface area contributed by atoms with Gasteiger partial charge >= 0.3 is 5.97 Å². The first-order valence-electron chi connectivity index (χ1n) is 4.58. The van der Waals surface area contributed by atoms with E-state index in [4.69, 9.17) is 9.84 Å². The largest absolute Gasteiger partial charge is 0.478 e. The highest BCUT2D eigenvalue weighted by Gasteiger charge is 2.30. The Morgan fingerprint density at radius 3 is 2.64 bits per heavy atom. The minimum absolute atomic E-state index is 0.484. The van der Waals surface area contributed by atoms with Gasteiger partial charge in [-0.1, -0.05) is 12.1 Å². The number of hydrogen-bond donors (Lipinski definition) is 1. The summed E-state index contributed by atoms with van der Waals surface area (Å²) in [5.74, 6) is -0.127. The first-order valence-corrected chi connectivity index (χ1v) is 4.58. The van der Waals surface area contributed by atoms with Gasteiger partial charge in [-0.15, -0.1) is 0 Å². The average molecular weight is 192 g/mol. The van der Waals surface area contributed by atoms with Crippen molar-refractivity contribution in [2.45, 2.75) is 26.4 Å². The van der Waals surface area contributed by atoms with Crippen LogP contribution in [0.2, 0.25) is 0 Å². The number of aliphatic carboxylic acids is 1. The lowest BCUT2D eigenvalue weighted by Gasteiger charge is -2.06. The molecule has 0 aromatic heterocycles. The van der Waals surface area contributed by atoms with Gasteiger partial charge in [0.15, 0.2) is 6.10 Å². The topological polar surface area (TPSA) is 46.5 Å². The number of hydrogen-bond acceptors (Lipinski definition) is 2. The summed E-state index contributed by atoms with van der Waals surface area (Å²) in [5, 5.41) is 8.84. The van der Waals surface area contributed by atoms with Crippen molar-refractivity contribution in [2.24, 2.45) is 0 Å². The van der Waals surface area contributed by atoms with Crippen LogP contribution in [0.4, 0.5) is 0 Å². The highest BCUT2D eigenvalue weighted by atomic mass is 16.5. The summed E-state index contributed by atoms with van der Waals surface area (Å²) in [6.45, 7) is 3.91. The van der Waals surface area contributed by atoms with Gasteiger partial charge in [0.1, 0.15) is 5.75 Å². The molecule has 1 unspecified atom stereocenters. The standard InChI is InChI=1S/C11H12O3/c1-6-3-4-7(2)10-8(6)5-9(14-10)11(12)13/h3-4,9H,5H2,1-2H3,(H,12,13). The molecule has 3 heteroatoms. The van der Waals surface area contributed by atoms with Gasteiger partial charge in [0.2, 0.25) is 0 Å². The average Bonchev–Trinajstić information content (AvgIpc) is 2.57. The van der Waals surface area contributed by atoms with Gasteiger partial charge in [-0.2, -0.15) is 0 Å². The van der Waals surface area contributed by atoms with Crippen molar-refractivity contribution in [2.75, 3.05) is 0 Å². The van der Waals surface area contributed by atoms with E-state index in [1.165, 1.54) is 0 Å². The molecule has 0 bridgehead atoms. The second-order valence-corrected chi connectivity index (χ2v) is 3.66. The van der Waals surface area contributed by atoms with E-state index in [1.807, 2.05) is 26.0 Å². The van der Waals surface area contributed by atoms with E-state index in [9.17, 15) is 4.79 Å². The fourth-order valence-corrected chi connectivity index (χ4v) is 1.77. The van der Waals surface area contributed by atoms with Crippen LogP contribution in [0.1, 0.15) is 16.7 Å². The van der Waals surface area contributed by atoms with Gasteiger partial charge < -0.3 is 9.84 Å². The Balaban J connectivity index is 2.43. The van der Waals surface area contributed by atoms with Crippen LogP contribution in [-0.4, -0.2) is 17.2 Å². The van der Waals surface area contributed by atoms with Gasteiger partial charge in [0.05, 0.1) is 0 Å². The lowest BCUT2D eigenvalue weighted by Crippen LogP contribution is -2.24. The molecule has 1 aliphatic rings. The molecule has 1 N–H and O–H groups in total. The SMILES string of the molecule is Cc1ccc(C)c2c1CC(C(=O)O)O2. The van der Waals surface area contributed by atoms with Crippen LogP contribution in [0.15, 0.2) is 12.1 Å². The summed E-state index contributed by atoms with van der Waals surface area (Å²) < 4.78 is 5.38. The van der Waals surface area contributed by atoms with Crippen molar-refractivity contribution in [3.63, 3.8) is 0 Å². The van der Waals surface area contributed by atoms with Crippen molar-refractivity contribution >= 4 is 5.97 Å². The number of benzene rings is 1. The lowest BCUT2D eigenvalue weighted by molar-refractivity contribution is -0.144. The summed E-state index contributed by atoms with van der Waals surface area (Å²) in [4.78, 5) is 10.8. The summed E-state index contributed by atoms with van der Waals surface area (Å²) in [6.07, 6.45) is -0.220. The Morgan fingerprint density at radius 1 is 1.43 bits per heavy atom. The van der Waals surface area contributed by atoms with Crippen LogP contribution in [0.5, 0.6) is 5.75 Å². The van der Waals surface area contributed by atoms with E-state index in [1.54, 1.807) is 0 Å². The van der Waals surface area contributed by atoms with Crippen LogP contribution >= 0.6 is 0 Å². The molecule has 1 heterocycles. The van der Waals surface area contributed by atoms with Gasteiger partial charge in [-0.3, -0.25) is 0 Å². The molecule has 3 nitrogen and oxygen atoms in total. The van der Waals surface area contributed by atoms with Crippen molar-refractivity contribution in [1.29, 1.82) is 0 Å². The van der Waals surface area contributed by atoms with E-state index in [-0.39, 0.29) is 0 Å². The molecular formula is C11H12O3. The van der Waals surface area contributed by atoms with E-state index < -0.39 is 12.1 Å². The molecule has 2 rings (SSSR count). The predicted octanol–water partition coefficient (Wildman–Crippen LogP) is 1.69.